The number of amides is 1. The van der Waals surface area contributed by atoms with Gasteiger partial charge in [-0.25, -0.2) is 18.9 Å². The summed E-state index contributed by atoms with van der Waals surface area (Å²) in [5.41, 5.74) is 1.30. The molecule has 1 aromatic carbocycles. The lowest BCUT2D eigenvalue weighted by atomic mass is 10.2. The van der Waals surface area contributed by atoms with Crippen molar-refractivity contribution in [3.8, 4) is 5.69 Å². The molecule has 27 heavy (non-hydrogen) atoms. The zero-order valence-electron chi connectivity index (χ0n) is 14.6. The third-order valence-electron chi connectivity index (χ3n) is 3.78. The highest BCUT2D eigenvalue weighted by Crippen LogP contribution is 2.31. The summed E-state index contributed by atoms with van der Waals surface area (Å²) in [7, 11) is 1.45. The summed E-state index contributed by atoms with van der Waals surface area (Å²) in [5.74, 6) is -0.380. The largest absolute Gasteiger partial charge is 0.465 e. The normalized spacial score (nSPS) is 10.8. The van der Waals surface area contributed by atoms with Crippen LogP contribution < -0.4 is 0 Å². The van der Waals surface area contributed by atoms with E-state index >= 15 is 0 Å². The van der Waals surface area contributed by atoms with Gasteiger partial charge in [0.05, 0.1) is 12.2 Å². The van der Waals surface area contributed by atoms with Gasteiger partial charge in [0.25, 0.3) is 0 Å². The van der Waals surface area contributed by atoms with E-state index in [1.54, 1.807) is 49.5 Å². The number of carboxylic acid groups (broad SMARTS) is 1. The van der Waals surface area contributed by atoms with Crippen LogP contribution in [0.15, 0.2) is 52.5 Å². The predicted octanol–water partition coefficient (Wildman–Crippen LogP) is 4.63. The van der Waals surface area contributed by atoms with E-state index in [0.29, 0.717) is 27.1 Å². The minimum atomic E-state index is -1.07. The van der Waals surface area contributed by atoms with Crippen molar-refractivity contribution in [2.24, 2.45) is 0 Å². The predicted molar refractivity (Wildman–Crippen MR) is 101 cm³/mol. The summed E-state index contributed by atoms with van der Waals surface area (Å²) < 4.78 is 16.1. The Morgan fingerprint density at radius 2 is 2.15 bits per heavy atom. The first-order valence-electron chi connectivity index (χ1n) is 7.93. The Morgan fingerprint density at radius 1 is 1.37 bits per heavy atom. The topological polar surface area (TPSA) is 71.2 Å². The van der Waals surface area contributed by atoms with Crippen LogP contribution in [0.1, 0.15) is 11.3 Å². The van der Waals surface area contributed by atoms with Crippen molar-refractivity contribution < 1.29 is 14.3 Å². The number of pyridine rings is 1. The van der Waals surface area contributed by atoms with Crippen LogP contribution in [0.5, 0.6) is 0 Å². The Bertz CT molecular complexity index is 978. The number of aromatic nitrogens is 3. The number of hydrogen-bond donors (Lipinski definition) is 1. The van der Waals surface area contributed by atoms with Crippen molar-refractivity contribution in [3.63, 3.8) is 0 Å². The summed E-state index contributed by atoms with van der Waals surface area (Å²) in [4.78, 5) is 17.0. The van der Waals surface area contributed by atoms with Gasteiger partial charge in [-0.1, -0.05) is 35.5 Å². The van der Waals surface area contributed by atoms with Crippen LogP contribution in [0.3, 0.4) is 0 Å². The molecule has 1 N–H and O–H groups in total. The van der Waals surface area contributed by atoms with Gasteiger partial charge >= 0.3 is 6.09 Å². The number of halogens is 2. The quantitative estimate of drug-likeness (QED) is 0.625. The molecule has 0 saturated carbocycles. The van der Waals surface area contributed by atoms with E-state index in [0.717, 1.165) is 9.80 Å². The lowest BCUT2D eigenvalue weighted by Crippen LogP contribution is -2.24. The van der Waals surface area contributed by atoms with Crippen molar-refractivity contribution in [1.29, 1.82) is 0 Å². The number of nitrogens with zero attached hydrogens (tertiary/aromatic N) is 4. The van der Waals surface area contributed by atoms with Gasteiger partial charge in [0.1, 0.15) is 15.9 Å². The molecule has 140 valence electrons. The first-order chi connectivity index (χ1) is 12.8. The fourth-order valence-electron chi connectivity index (χ4n) is 2.38. The second kappa shape index (κ2) is 7.98. The molecule has 2 aromatic heterocycles. The molecule has 0 fully saturated rings. The molecule has 0 bridgehead atoms. The third-order valence-corrected chi connectivity index (χ3v) is 4.98. The number of rotatable bonds is 5. The minimum Gasteiger partial charge on any atom is -0.465 e. The fourth-order valence-corrected chi connectivity index (χ4v) is 3.40. The second-order valence-corrected chi connectivity index (χ2v) is 7.33. The summed E-state index contributed by atoms with van der Waals surface area (Å²) >= 11 is 7.16. The Labute approximate surface area is 164 Å². The fraction of sp³-hybridized carbons (Fsp3) is 0.167. The van der Waals surface area contributed by atoms with E-state index in [-0.39, 0.29) is 12.4 Å². The van der Waals surface area contributed by atoms with Crippen LogP contribution in [0.2, 0.25) is 5.15 Å². The summed E-state index contributed by atoms with van der Waals surface area (Å²) in [6.07, 6.45) is 0.544. The summed E-state index contributed by atoms with van der Waals surface area (Å²) in [5, 5.41) is 14.5. The molecule has 0 aliphatic heterocycles. The monoisotopic (exact) mass is 406 g/mol. The third kappa shape index (κ3) is 4.40. The number of hydrogen-bond acceptors (Lipinski definition) is 4. The van der Waals surface area contributed by atoms with Crippen molar-refractivity contribution in [2.45, 2.75) is 23.4 Å². The van der Waals surface area contributed by atoms with E-state index in [1.807, 2.05) is 0 Å². The Morgan fingerprint density at radius 3 is 2.81 bits per heavy atom. The highest BCUT2D eigenvalue weighted by molar-refractivity contribution is 7.99. The summed E-state index contributed by atoms with van der Waals surface area (Å²) in [6.45, 7) is 1.76. The molecular formula is C18H16ClFN4O2S. The molecule has 0 radical (unpaired) electrons. The molecule has 0 unspecified atom stereocenters. The number of aryl methyl sites for hydroxylation is 1. The summed E-state index contributed by atoms with van der Waals surface area (Å²) in [6, 6.07) is 10.3. The molecule has 0 spiro atoms. The number of benzene rings is 1. The van der Waals surface area contributed by atoms with Crippen molar-refractivity contribution in [1.82, 2.24) is 19.7 Å². The van der Waals surface area contributed by atoms with E-state index in [9.17, 15) is 9.18 Å². The van der Waals surface area contributed by atoms with E-state index in [4.69, 9.17) is 16.7 Å². The van der Waals surface area contributed by atoms with Crippen LogP contribution in [-0.2, 0) is 6.54 Å². The van der Waals surface area contributed by atoms with E-state index in [1.165, 1.54) is 23.5 Å². The lowest BCUT2D eigenvalue weighted by Gasteiger charge is -2.10. The smallest absolute Gasteiger partial charge is 0.407 e. The Kier molecular flexibility index (Phi) is 5.67. The molecule has 6 nitrogen and oxygen atoms in total. The van der Waals surface area contributed by atoms with Gasteiger partial charge in [-0.15, -0.1) is 0 Å². The zero-order chi connectivity index (χ0) is 19.6. The maximum Gasteiger partial charge on any atom is 0.407 e. The van der Waals surface area contributed by atoms with Crippen molar-refractivity contribution in [3.05, 3.63) is 64.8 Å². The van der Waals surface area contributed by atoms with Crippen LogP contribution in [0.4, 0.5) is 9.18 Å². The SMILES string of the molecule is Cc1cccc(-n2nc(CN(C)C(=O)O)cc2Sc2ccc(Cl)nc2)c1F. The van der Waals surface area contributed by atoms with E-state index in [2.05, 4.69) is 10.1 Å². The van der Waals surface area contributed by atoms with Crippen LogP contribution >= 0.6 is 23.4 Å². The van der Waals surface area contributed by atoms with Gasteiger partial charge < -0.3 is 10.0 Å². The average Bonchev–Trinajstić information content (AvgIpc) is 3.01. The first-order valence-corrected chi connectivity index (χ1v) is 9.12. The number of carbonyl (C=O) groups is 1. The zero-order valence-corrected chi connectivity index (χ0v) is 16.1. The van der Waals surface area contributed by atoms with Gasteiger partial charge in [0.15, 0.2) is 5.82 Å². The Hall–Kier alpha value is -2.58. The molecule has 0 aliphatic rings. The first kappa shape index (κ1) is 19.2. The molecule has 3 rings (SSSR count). The van der Waals surface area contributed by atoms with E-state index < -0.39 is 6.09 Å². The van der Waals surface area contributed by atoms with Gasteiger partial charge in [-0.2, -0.15) is 5.10 Å². The molecule has 9 heteroatoms. The van der Waals surface area contributed by atoms with Crippen LogP contribution in [0.25, 0.3) is 5.69 Å². The minimum absolute atomic E-state index is 0.0855. The van der Waals surface area contributed by atoms with Crippen molar-refractivity contribution in [2.75, 3.05) is 7.05 Å². The lowest BCUT2D eigenvalue weighted by molar-refractivity contribution is 0.153. The highest BCUT2D eigenvalue weighted by atomic mass is 35.5. The molecule has 0 aliphatic carbocycles. The van der Waals surface area contributed by atoms with Crippen LogP contribution in [-0.4, -0.2) is 37.9 Å². The molecule has 3 aromatic rings. The van der Waals surface area contributed by atoms with Gasteiger partial charge in [0, 0.05) is 18.1 Å². The van der Waals surface area contributed by atoms with Crippen molar-refractivity contribution >= 4 is 29.5 Å². The Balaban J connectivity index is 2.03. The average molecular weight is 407 g/mol. The molecular weight excluding hydrogens is 391 g/mol. The highest BCUT2D eigenvalue weighted by Gasteiger charge is 2.17. The van der Waals surface area contributed by atoms with Gasteiger partial charge in [0.2, 0.25) is 0 Å². The van der Waals surface area contributed by atoms with Gasteiger partial charge in [-0.3, -0.25) is 0 Å². The molecule has 2 heterocycles. The maximum atomic E-state index is 14.7. The maximum absolute atomic E-state index is 14.7. The van der Waals surface area contributed by atoms with Gasteiger partial charge in [-0.05, 0) is 36.8 Å². The molecule has 1 amide bonds. The molecule has 0 saturated heterocycles. The standard InChI is InChI=1S/C18H16ClFN4O2S/c1-11-4-3-5-14(17(11)20)24-16(27-13-6-7-15(19)21-9-13)8-12(22-24)10-23(2)18(25)26/h3-9H,10H2,1-2H3,(H,25,26). The second-order valence-electron chi connectivity index (χ2n) is 5.85. The van der Waals surface area contributed by atoms with Crippen LogP contribution in [0, 0.1) is 12.7 Å². The molecule has 0 atom stereocenters.